The number of ether oxygens (including phenoxy) is 1. The number of hydrogen-bond acceptors (Lipinski definition) is 7. The quantitative estimate of drug-likeness (QED) is 0.583. The molecule has 3 amide bonds. The molecule has 2 aromatic rings. The minimum atomic E-state index is -0.864. The summed E-state index contributed by atoms with van der Waals surface area (Å²) in [7, 11) is 2.75. The van der Waals surface area contributed by atoms with Gasteiger partial charge in [0.25, 0.3) is 23.3 Å². The lowest BCUT2D eigenvalue weighted by Crippen LogP contribution is -2.24. The second kappa shape index (κ2) is 6.83. The first-order valence-corrected chi connectivity index (χ1v) is 7.75. The minimum Gasteiger partial charge on any atom is -0.451 e. The summed E-state index contributed by atoms with van der Waals surface area (Å²) in [4.78, 5) is 59.8. The normalized spacial score (nSPS) is 12.7. The molecule has 1 aromatic heterocycles. The molecule has 0 bridgehead atoms. The Balaban J connectivity index is 1.62. The first-order valence-electron chi connectivity index (χ1n) is 7.75. The van der Waals surface area contributed by atoms with Gasteiger partial charge in [-0.15, -0.1) is 0 Å². The maximum absolute atomic E-state index is 12.0. The third-order valence-electron chi connectivity index (χ3n) is 3.88. The Morgan fingerprint density at radius 1 is 1.04 bits per heavy atom. The van der Waals surface area contributed by atoms with Crippen LogP contribution in [0, 0.1) is 0 Å². The Bertz CT molecular complexity index is 1040. The number of benzene rings is 1. The zero-order chi connectivity index (χ0) is 19.7. The predicted molar refractivity (Wildman–Crippen MR) is 91.3 cm³/mol. The Kier molecular flexibility index (Phi) is 4.55. The van der Waals surface area contributed by atoms with Crippen LogP contribution in [0.2, 0.25) is 0 Å². The minimum absolute atomic E-state index is 0.116. The molecule has 1 aliphatic rings. The van der Waals surface area contributed by atoms with Gasteiger partial charge in [0.05, 0.1) is 11.1 Å². The van der Waals surface area contributed by atoms with Crippen LogP contribution in [0.15, 0.2) is 35.1 Å². The predicted octanol–water partition coefficient (Wildman–Crippen LogP) is -0.198. The number of carbonyl (C=O) groups is 4. The average Bonchev–Trinajstić information content (AvgIpc) is 2.86. The molecule has 0 saturated heterocycles. The lowest BCUT2D eigenvalue weighted by atomic mass is 10.1. The van der Waals surface area contributed by atoms with Crippen LogP contribution in [0.4, 0.5) is 5.69 Å². The largest absolute Gasteiger partial charge is 0.451 e. The summed E-state index contributed by atoms with van der Waals surface area (Å²) in [5.74, 6) is -2.37. The van der Waals surface area contributed by atoms with Crippen LogP contribution in [0.3, 0.4) is 0 Å². The van der Waals surface area contributed by atoms with E-state index in [-0.39, 0.29) is 28.1 Å². The molecule has 1 aliphatic heterocycles. The van der Waals surface area contributed by atoms with E-state index in [9.17, 15) is 24.0 Å². The number of nitrogens with zero attached hydrogens (tertiary/aromatic N) is 3. The summed E-state index contributed by atoms with van der Waals surface area (Å²) in [5, 5.41) is 6.20. The highest BCUT2D eigenvalue weighted by Crippen LogP contribution is 2.24. The highest BCUT2D eigenvalue weighted by molar-refractivity contribution is 6.21. The zero-order valence-corrected chi connectivity index (χ0v) is 14.4. The molecule has 2 heterocycles. The fourth-order valence-electron chi connectivity index (χ4n) is 2.45. The van der Waals surface area contributed by atoms with E-state index in [0.717, 1.165) is 15.6 Å². The van der Waals surface area contributed by atoms with E-state index in [1.807, 2.05) is 0 Å². The van der Waals surface area contributed by atoms with Crippen molar-refractivity contribution < 1.29 is 23.9 Å². The topological polar surface area (TPSA) is 128 Å². The van der Waals surface area contributed by atoms with Crippen molar-refractivity contribution in [3.63, 3.8) is 0 Å². The maximum Gasteiger partial charge on any atom is 0.359 e. The van der Waals surface area contributed by atoms with Gasteiger partial charge < -0.3 is 10.1 Å². The van der Waals surface area contributed by atoms with Crippen molar-refractivity contribution in [1.29, 1.82) is 0 Å². The molecule has 10 heteroatoms. The van der Waals surface area contributed by atoms with Gasteiger partial charge in [-0.1, -0.05) is 0 Å². The zero-order valence-electron chi connectivity index (χ0n) is 14.4. The van der Waals surface area contributed by atoms with Gasteiger partial charge in [-0.25, -0.2) is 9.48 Å². The molecule has 0 aliphatic carbocycles. The Morgan fingerprint density at radius 3 is 2.44 bits per heavy atom. The van der Waals surface area contributed by atoms with E-state index in [1.165, 1.54) is 38.4 Å². The maximum atomic E-state index is 12.0. The molecule has 138 valence electrons. The summed E-state index contributed by atoms with van der Waals surface area (Å²) >= 11 is 0. The van der Waals surface area contributed by atoms with Gasteiger partial charge in [0.2, 0.25) is 0 Å². The van der Waals surface area contributed by atoms with Crippen molar-refractivity contribution in [3.8, 4) is 0 Å². The van der Waals surface area contributed by atoms with Gasteiger partial charge in [-0.3, -0.25) is 24.1 Å². The molecular weight excluding hydrogens is 356 g/mol. The summed E-state index contributed by atoms with van der Waals surface area (Å²) in [6, 6.07) is 6.64. The molecule has 3 rings (SSSR count). The first-order chi connectivity index (χ1) is 12.8. The molecule has 0 atom stereocenters. The smallest absolute Gasteiger partial charge is 0.359 e. The monoisotopic (exact) mass is 370 g/mol. The van der Waals surface area contributed by atoms with Crippen LogP contribution < -0.4 is 10.9 Å². The highest BCUT2D eigenvalue weighted by atomic mass is 16.5. The fourth-order valence-corrected chi connectivity index (χ4v) is 2.45. The lowest BCUT2D eigenvalue weighted by molar-refractivity contribution is -0.119. The number of rotatable bonds is 4. The summed E-state index contributed by atoms with van der Waals surface area (Å²) in [5.41, 5.74) is 0.222. The first kappa shape index (κ1) is 18.0. The molecule has 27 heavy (non-hydrogen) atoms. The van der Waals surface area contributed by atoms with Crippen molar-refractivity contribution in [2.75, 3.05) is 19.0 Å². The molecular formula is C17H14N4O6. The van der Waals surface area contributed by atoms with E-state index in [4.69, 9.17) is 4.74 Å². The lowest BCUT2D eigenvalue weighted by Gasteiger charge is -2.07. The number of anilines is 1. The van der Waals surface area contributed by atoms with Crippen molar-refractivity contribution in [1.82, 2.24) is 14.7 Å². The molecule has 0 radical (unpaired) electrons. The van der Waals surface area contributed by atoms with Gasteiger partial charge in [0, 0.05) is 25.8 Å². The van der Waals surface area contributed by atoms with Crippen molar-refractivity contribution in [3.05, 3.63) is 57.5 Å². The number of imide groups is 1. The van der Waals surface area contributed by atoms with Crippen LogP contribution >= 0.6 is 0 Å². The van der Waals surface area contributed by atoms with E-state index in [1.54, 1.807) is 0 Å². The summed E-state index contributed by atoms with van der Waals surface area (Å²) < 4.78 is 5.82. The molecule has 0 unspecified atom stereocenters. The Morgan fingerprint density at radius 2 is 1.74 bits per heavy atom. The van der Waals surface area contributed by atoms with Gasteiger partial charge in [-0.05, 0) is 24.3 Å². The third-order valence-corrected chi connectivity index (χ3v) is 3.88. The van der Waals surface area contributed by atoms with Crippen LogP contribution in [0.1, 0.15) is 31.2 Å². The van der Waals surface area contributed by atoms with Gasteiger partial charge >= 0.3 is 5.97 Å². The van der Waals surface area contributed by atoms with Crippen LogP contribution in [-0.2, 0) is 16.6 Å². The molecule has 0 spiro atoms. The standard InChI is InChI=1S/C17H14N4O6/c1-20-15(24)10-4-3-9(7-11(10)16(20)25)18-13(22)8-27-17(26)12-5-6-14(23)21(2)19-12/h3-7H,8H2,1-2H3,(H,18,22). The van der Waals surface area contributed by atoms with Gasteiger partial charge in [0.15, 0.2) is 12.3 Å². The number of esters is 1. The second-order valence-electron chi connectivity index (χ2n) is 5.73. The molecule has 0 fully saturated rings. The van der Waals surface area contributed by atoms with Crippen LogP contribution in [-0.4, -0.2) is 52.0 Å². The highest BCUT2D eigenvalue weighted by Gasteiger charge is 2.32. The number of nitrogens with one attached hydrogen (secondary N) is 1. The van der Waals surface area contributed by atoms with Crippen molar-refractivity contribution in [2.45, 2.75) is 0 Å². The summed E-state index contributed by atoms with van der Waals surface area (Å²) in [6.07, 6.45) is 0. The average molecular weight is 370 g/mol. The third kappa shape index (κ3) is 3.45. The molecule has 1 N–H and O–H groups in total. The second-order valence-corrected chi connectivity index (χ2v) is 5.73. The molecule has 10 nitrogen and oxygen atoms in total. The Hall–Kier alpha value is -3.82. The van der Waals surface area contributed by atoms with Crippen LogP contribution in [0.5, 0.6) is 0 Å². The van der Waals surface area contributed by atoms with Crippen LogP contribution in [0.25, 0.3) is 0 Å². The number of hydrogen-bond donors (Lipinski definition) is 1. The van der Waals surface area contributed by atoms with Gasteiger partial charge in [0.1, 0.15) is 0 Å². The Labute approximate surface area is 152 Å². The van der Waals surface area contributed by atoms with E-state index < -0.39 is 30.3 Å². The van der Waals surface area contributed by atoms with E-state index >= 15 is 0 Å². The number of aromatic nitrogens is 2. The molecule has 0 saturated carbocycles. The van der Waals surface area contributed by atoms with E-state index in [2.05, 4.69) is 10.4 Å². The number of fused-ring (bicyclic) bond motifs is 1. The number of carbonyl (C=O) groups excluding carboxylic acids is 4. The van der Waals surface area contributed by atoms with Crippen molar-refractivity contribution >= 4 is 29.4 Å². The van der Waals surface area contributed by atoms with E-state index in [0.29, 0.717) is 0 Å². The number of amides is 3. The SMILES string of the molecule is CN1C(=O)c2ccc(NC(=O)COC(=O)c3ccc(=O)n(C)n3)cc2C1=O. The van der Waals surface area contributed by atoms with Gasteiger partial charge in [-0.2, -0.15) is 5.10 Å². The summed E-state index contributed by atoms with van der Waals surface area (Å²) in [6.45, 7) is -0.590. The fraction of sp³-hybridized carbons (Fsp3) is 0.176. The molecule has 1 aromatic carbocycles. The number of aryl methyl sites for hydroxylation is 1. The van der Waals surface area contributed by atoms with Crippen molar-refractivity contribution in [2.24, 2.45) is 7.05 Å².